The smallest absolute Gasteiger partial charge is 0.434 e. The Hall–Kier alpha value is -1.35. The highest BCUT2D eigenvalue weighted by Gasteiger charge is 2.59. The van der Waals surface area contributed by atoms with Crippen LogP contribution in [0.1, 0.15) is 0 Å². The maximum atomic E-state index is 12.2. The van der Waals surface area contributed by atoms with Crippen molar-refractivity contribution in [2.75, 3.05) is 6.23 Å². The Kier molecular flexibility index (Phi) is 8.12. The minimum Gasteiger partial charge on any atom is -0.463 e. The Labute approximate surface area is 148 Å². The number of halogens is 6. The number of carbonyl (C=O) groups excluding carboxylic acids is 2. The highest BCUT2D eigenvalue weighted by Crippen LogP contribution is 2.35. The second-order valence-electron chi connectivity index (χ2n) is 6.82. The van der Waals surface area contributed by atoms with Crippen molar-refractivity contribution in [3.8, 4) is 0 Å². The van der Waals surface area contributed by atoms with Crippen molar-refractivity contribution in [3.05, 3.63) is 12.2 Å². The van der Waals surface area contributed by atoms with Gasteiger partial charge in [0.2, 0.25) is 8.32 Å². The SMILES string of the molecule is C[Si](C)(C)O[Si](C)(C)COC(=O)C=CC(=O)OC(C(F)(F)F)C(F)(F)F. The van der Waals surface area contributed by atoms with Crippen molar-refractivity contribution in [2.24, 2.45) is 0 Å². The lowest BCUT2D eigenvalue weighted by Gasteiger charge is -2.30. The van der Waals surface area contributed by atoms with Crippen molar-refractivity contribution in [3.63, 3.8) is 0 Å². The van der Waals surface area contributed by atoms with Gasteiger partial charge in [-0.2, -0.15) is 26.3 Å². The Bertz CT molecular complexity index is 523. The summed E-state index contributed by atoms with van der Waals surface area (Å²) < 4.78 is 87.5. The number of alkyl halides is 6. The predicted molar refractivity (Wildman–Crippen MR) is 84.0 cm³/mol. The van der Waals surface area contributed by atoms with Crippen molar-refractivity contribution in [1.82, 2.24) is 0 Å². The van der Waals surface area contributed by atoms with E-state index in [-0.39, 0.29) is 12.3 Å². The van der Waals surface area contributed by atoms with Gasteiger partial charge in [-0.05, 0) is 32.7 Å². The van der Waals surface area contributed by atoms with Gasteiger partial charge in [-0.1, -0.05) is 0 Å². The van der Waals surface area contributed by atoms with Crippen LogP contribution < -0.4 is 0 Å². The summed E-state index contributed by atoms with van der Waals surface area (Å²) in [6, 6.07) is 0. The van der Waals surface area contributed by atoms with E-state index in [9.17, 15) is 35.9 Å². The molecule has 0 aromatic rings. The lowest BCUT2D eigenvalue weighted by molar-refractivity contribution is -0.312. The molecule has 0 rings (SSSR count). The third-order valence-corrected chi connectivity index (χ3v) is 7.83. The predicted octanol–water partition coefficient (Wildman–Crippen LogP) is 3.72. The third kappa shape index (κ3) is 10.6. The van der Waals surface area contributed by atoms with E-state index >= 15 is 0 Å². The molecule has 0 amide bonds. The van der Waals surface area contributed by atoms with Gasteiger partial charge in [-0.25, -0.2) is 9.59 Å². The van der Waals surface area contributed by atoms with E-state index < -0.39 is 47.0 Å². The molecule has 13 heteroatoms. The van der Waals surface area contributed by atoms with E-state index in [0.29, 0.717) is 6.08 Å². The molecule has 26 heavy (non-hydrogen) atoms. The molecule has 0 radical (unpaired) electrons. The molecule has 0 unspecified atom stereocenters. The molecule has 0 saturated heterocycles. The zero-order chi connectivity index (χ0) is 21.0. The Balaban J connectivity index is 4.71. The molecule has 0 aliphatic rings. The van der Waals surface area contributed by atoms with E-state index in [0.717, 1.165) is 0 Å². The van der Waals surface area contributed by atoms with Crippen LogP contribution in [-0.4, -0.2) is 53.3 Å². The molecule has 0 heterocycles. The Morgan fingerprint density at radius 1 is 0.885 bits per heavy atom. The molecule has 0 aliphatic carbocycles. The fourth-order valence-electron chi connectivity index (χ4n) is 1.76. The highest BCUT2D eigenvalue weighted by molar-refractivity contribution is 6.84. The van der Waals surface area contributed by atoms with Crippen molar-refractivity contribution < 1.29 is 49.5 Å². The molecule has 0 aromatic heterocycles. The molecular weight excluding hydrogens is 406 g/mol. The van der Waals surface area contributed by atoms with Gasteiger partial charge < -0.3 is 13.6 Å². The summed E-state index contributed by atoms with van der Waals surface area (Å²) in [5, 5.41) is 0. The quantitative estimate of drug-likeness (QED) is 0.269. The summed E-state index contributed by atoms with van der Waals surface area (Å²) in [4.78, 5) is 22.6. The van der Waals surface area contributed by atoms with Gasteiger partial charge in [0.05, 0.1) is 0 Å². The first kappa shape index (κ1) is 24.7. The van der Waals surface area contributed by atoms with E-state index in [1.807, 2.05) is 19.6 Å². The molecule has 0 atom stereocenters. The lowest BCUT2D eigenvalue weighted by atomic mass is 10.3. The lowest BCUT2D eigenvalue weighted by Crippen LogP contribution is -2.46. The Morgan fingerprint density at radius 3 is 1.69 bits per heavy atom. The van der Waals surface area contributed by atoms with E-state index in [4.69, 9.17) is 8.85 Å². The number of ether oxygens (including phenoxy) is 2. The fourth-order valence-corrected chi connectivity index (χ4v) is 9.12. The van der Waals surface area contributed by atoms with E-state index in [2.05, 4.69) is 4.74 Å². The van der Waals surface area contributed by atoms with Crippen LogP contribution in [-0.2, 0) is 23.2 Å². The first-order valence-corrected chi connectivity index (χ1v) is 13.7. The van der Waals surface area contributed by atoms with Crippen LogP contribution in [0.2, 0.25) is 32.7 Å². The summed E-state index contributed by atoms with van der Waals surface area (Å²) in [6.45, 7) is 9.33. The van der Waals surface area contributed by atoms with Crippen LogP contribution in [0.4, 0.5) is 26.3 Å². The minimum atomic E-state index is -5.83. The monoisotopic (exact) mass is 426 g/mol. The zero-order valence-electron chi connectivity index (χ0n) is 14.7. The van der Waals surface area contributed by atoms with Gasteiger partial charge in [0.15, 0.2) is 8.32 Å². The minimum absolute atomic E-state index is 0.0940. The molecule has 152 valence electrons. The van der Waals surface area contributed by atoms with Crippen LogP contribution >= 0.6 is 0 Å². The van der Waals surface area contributed by atoms with Crippen molar-refractivity contribution >= 4 is 28.6 Å². The van der Waals surface area contributed by atoms with Crippen LogP contribution in [0.3, 0.4) is 0 Å². The largest absolute Gasteiger partial charge is 0.463 e. The van der Waals surface area contributed by atoms with Gasteiger partial charge in [0.25, 0.3) is 6.10 Å². The fraction of sp³-hybridized carbons (Fsp3) is 0.692. The number of esters is 2. The second-order valence-corrected chi connectivity index (χ2v) is 15.7. The summed E-state index contributed by atoms with van der Waals surface area (Å²) in [7, 11) is -4.25. The molecule has 0 spiro atoms. The van der Waals surface area contributed by atoms with Crippen LogP contribution in [0.25, 0.3) is 0 Å². The van der Waals surface area contributed by atoms with Crippen molar-refractivity contribution in [1.29, 1.82) is 0 Å². The van der Waals surface area contributed by atoms with Crippen molar-refractivity contribution in [2.45, 2.75) is 51.2 Å². The van der Waals surface area contributed by atoms with E-state index in [1.54, 1.807) is 13.1 Å². The number of hydrogen-bond acceptors (Lipinski definition) is 5. The summed E-state index contributed by atoms with van der Waals surface area (Å²) in [5.74, 6) is -3.09. The average Bonchev–Trinajstić information content (AvgIpc) is 2.35. The van der Waals surface area contributed by atoms with E-state index in [1.165, 1.54) is 0 Å². The second kappa shape index (κ2) is 8.56. The van der Waals surface area contributed by atoms with Crippen LogP contribution in [0.15, 0.2) is 12.2 Å². The average molecular weight is 426 g/mol. The molecule has 0 aliphatic heterocycles. The molecule has 5 nitrogen and oxygen atoms in total. The normalized spacial score (nSPS) is 14.0. The zero-order valence-corrected chi connectivity index (χ0v) is 16.7. The molecular formula is C13H20F6O5Si2. The summed E-state index contributed by atoms with van der Waals surface area (Å²) in [5.41, 5.74) is 0. The summed E-state index contributed by atoms with van der Waals surface area (Å²) in [6.07, 6.45) is -15.5. The molecule has 0 N–H and O–H groups in total. The standard InChI is InChI=1S/C13H20F6O5Si2/c1-25(2,3)24-26(4,5)8-22-9(20)6-7-10(21)23-11(12(14,15)16)13(17,18)19/h6-7,11H,8H2,1-5H3. The molecule has 0 aromatic carbocycles. The topological polar surface area (TPSA) is 61.8 Å². The maximum absolute atomic E-state index is 12.2. The van der Waals surface area contributed by atoms with Crippen LogP contribution in [0, 0.1) is 0 Å². The first-order chi connectivity index (χ1) is 11.3. The van der Waals surface area contributed by atoms with Crippen LogP contribution in [0.5, 0.6) is 0 Å². The van der Waals surface area contributed by atoms with Gasteiger partial charge in [0.1, 0.15) is 6.23 Å². The molecule has 0 bridgehead atoms. The number of rotatable bonds is 7. The highest BCUT2D eigenvalue weighted by atomic mass is 28.4. The maximum Gasteiger partial charge on any atom is 0.434 e. The molecule has 0 fully saturated rings. The van der Waals surface area contributed by atoms with Gasteiger partial charge in [-0.15, -0.1) is 0 Å². The Morgan fingerprint density at radius 2 is 1.31 bits per heavy atom. The van der Waals surface area contributed by atoms with Gasteiger partial charge in [0, 0.05) is 12.2 Å². The third-order valence-electron chi connectivity index (χ3n) is 2.33. The number of carbonyl (C=O) groups is 2. The number of hydrogen-bond donors (Lipinski definition) is 0. The van der Waals surface area contributed by atoms with Gasteiger partial charge >= 0.3 is 24.3 Å². The first-order valence-electron chi connectivity index (χ1n) is 7.22. The summed E-state index contributed by atoms with van der Waals surface area (Å²) >= 11 is 0. The molecule has 0 saturated carbocycles. The van der Waals surface area contributed by atoms with Gasteiger partial charge in [-0.3, -0.25) is 0 Å².